The number of benzene rings is 2. The fourth-order valence-electron chi connectivity index (χ4n) is 2.85. The molecule has 2 aromatic carbocycles. The van der Waals surface area contributed by atoms with Crippen LogP contribution in [0.1, 0.15) is 22.7 Å². The Morgan fingerprint density at radius 2 is 1.62 bits per heavy atom. The molecule has 0 bridgehead atoms. The molecule has 0 aliphatic carbocycles. The van der Waals surface area contributed by atoms with E-state index in [1.165, 1.54) is 4.90 Å². The number of carbonyl (C=O) groups is 2. The minimum atomic E-state index is -0.685. The third-order valence-electron chi connectivity index (χ3n) is 4.19. The van der Waals surface area contributed by atoms with E-state index in [0.29, 0.717) is 10.6 Å². The number of hydrogen-bond acceptors (Lipinski definition) is 3. The topological polar surface area (TPSA) is 57.6 Å². The lowest BCUT2D eigenvalue weighted by atomic mass is 9.95. The predicted octanol–water partition coefficient (Wildman–Crippen LogP) is 3.70. The van der Waals surface area contributed by atoms with E-state index in [-0.39, 0.29) is 11.3 Å². The van der Waals surface area contributed by atoms with Gasteiger partial charge in [0.05, 0.1) is 11.6 Å². The number of amides is 1. The molecule has 1 fully saturated rings. The number of halogens is 1. The van der Waals surface area contributed by atoms with Gasteiger partial charge >= 0.3 is 0 Å². The van der Waals surface area contributed by atoms with Crippen molar-refractivity contribution in [1.82, 2.24) is 4.90 Å². The molecule has 0 radical (unpaired) electrons. The number of Topliss-reactive ketones (excluding diaryl/α,β-unsaturated/α-hetero) is 1. The molecule has 1 N–H and O–H groups in total. The zero-order valence-corrected chi connectivity index (χ0v) is 14.0. The summed E-state index contributed by atoms with van der Waals surface area (Å²) in [5, 5.41) is 11.2. The highest BCUT2D eigenvalue weighted by molar-refractivity contribution is 6.46. The maximum atomic E-state index is 12.4. The molecule has 1 atom stereocenters. The molecule has 1 saturated heterocycles. The van der Waals surface area contributed by atoms with Crippen molar-refractivity contribution >= 4 is 29.1 Å². The highest BCUT2D eigenvalue weighted by atomic mass is 35.5. The van der Waals surface area contributed by atoms with E-state index in [0.717, 1.165) is 11.1 Å². The van der Waals surface area contributed by atoms with Crippen LogP contribution in [0.4, 0.5) is 0 Å². The monoisotopic (exact) mass is 341 g/mol. The van der Waals surface area contributed by atoms with Gasteiger partial charge in [0, 0.05) is 17.6 Å². The summed E-state index contributed by atoms with van der Waals surface area (Å²) in [7, 11) is 1.56. The Hall–Kier alpha value is -2.59. The van der Waals surface area contributed by atoms with Crippen molar-refractivity contribution in [3.8, 4) is 0 Å². The molecule has 0 unspecified atom stereocenters. The Bertz CT molecular complexity index is 838. The van der Waals surface area contributed by atoms with Gasteiger partial charge in [-0.25, -0.2) is 0 Å². The molecule has 1 aliphatic rings. The highest BCUT2D eigenvalue weighted by Crippen LogP contribution is 2.38. The predicted molar refractivity (Wildman–Crippen MR) is 92.7 cm³/mol. The summed E-state index contributed by atoms with van der Waals surface area (Å²) in [6, 6.07) is 13.4. The van der Waals surface area contributed by atoms with Crippen molar-refractivity contribution < 1.29 is 14.7 Å². The summed E-state index contributed by atoms with van der Waals surface area (Å²) in [4.78, 5) is 25.9. The second-order valence-corrected chi connectivity index (χ2v) is 6.26. The average molecular weight is 342 g/mol. The van der Waals surface area contributed by atoms with Gasteiger partial charge in [-0.2, -0.15) is 0 Å². The maximum absolute atomic E-state index is 12.4. The molecule has 24 heavy (non-hydrogen) atoms. The van der Waals surface area contributed by atoms with Gasteiger partial charge in [0.25, 0.3) is 11.7 Å². The molecule has 1 heterocycles. The summed E-state index contributed by atoms with van der Waals surface area (Å²) in [6.07, 6.45) is 0. The van der Waals surface area contributed by atoms with Crippen LogP contribution >= 0.6 is 11.6 Å². The molecule has 5 heteroatoms. The molecule has 0 saturated carbocycles. The van der Waals surface area contributed by atoms with Crippen LogP contribution in [-0.2, 0) is 9.59 Å². The van der Waals surface area contributed by atoms with E-state index in [9.17, 15) is 14.7 Å². The number of aliphatic hydroxyl groups is 1. The lowest BCUT2D eigenvalue weighted by molar-refractivity contribution is -0.139. The van der Waals surface area contributed by atoms with Crippen LogP contribution in [-0.4, -0.2) is 28.7 Å². The second-order valence-electron chi connectivity index (χ2n) is 5.83. The lowest BCUT2D eigenvalue weighted by Gasteiger charge is -2.21. The van der Waals surface area contributed by atoms with Crippen LogP contribution in [0.15, 0.2) is 54.1 Å². The summed E-state index contributed by atoms with van der Waals surface area (Å²) in [5.41, 5.74) is 2.39. The quantitative estimate of drug-likeness (QED) is 0.515. The van der Waals surface area contributed by atoms with Crippen LogP contribution in [0, 0.1) is 6.92 Å². The van der Waals surface area contributed by atoms with Gasteiger partial charge in [0.1, 0.15) is 5.76 Å². The molecule has 4 nitrogen and oxygen atoms in total. The van der Waals surface area contributed by atoms with Crippen LogP contribution in [0.25, 0.3) is 5.76 Å². The van der Waals surface area contributed by atoms with E-state index in [4.69, 9.17) is 11.6 Å². The Balaban J connectivity index is 2.16. The Labute approximate surface area is 145 Å². The van der Waals surface area contributed by atoms with Gasteiger partial charge in [-0.15, -0.1) is 0 Å². The molecular formula is C19H16ClNO3. The summed E-state index contributed by atoms with van der Waals surface area (Å²) in [5.74, 6) is -1.51. The number of aliphatic hydroxyl groups excluding tert-OH is 1. The zero-order chi connectivity index (χ0) is 17.4. The molecule has 1 amide bonds. The SMILES string of the molecule is Cc1ccc([C@@H]2C(=C(O)c3ccc(Cl)cc3)C(=O)C(=O)N2C)cc1. The smallest absolute Gasteiger partial charge is 0.295 e. The van der Waals surface area contributed by atoms with Gasteiger partial charge < -0.3 is 10.0 Å². The standard InChI is InChI=1S/C19H16ClNO3/c1-11-3-5-12(6-4-11)16-15(18(23)19(24)21(16)2)17(22)13-7-9-14(20)10-8-13/h3-10,16,22H,1-2H3/t16-/m1/s1. The number of carbonyl (C=O) groups excluding carboxylic acids is 2. The molecule has 1 aliphatic heterocycles. The van der Waals surface area contributed by atoms with E-state index in [1.54, 1.807) is 31.3 Å². The Kier molecular flexibility index (Phi) is 4.16. The number of hydrogen-bond donors (Lipinski definition) is 1. The Morgan fingerprint density at radius 1 is 1.04 bits per heavy atom. The molecule has 2 aromatic rings. The van der Waals surface area contributed by atoms with Crippen molar-refractivity contribution in [3.63, 3.8) is 0 Å². The van der Waals surface area contributed by atoms with Crippen LogP contribution < -0.4 is 0 Å². The van der Waals surface area contributed by atoms with Crippen molar-refractivity contribution in [2.75, 3.05) is 7.05 Å². The molecule has 0 spiro atoms. The number of nitrogens with zero attached hydrogens (tertiary/aromatic N) is 1. The normalized spacial score (nSPS) is 19.8. The number of likely N-dealkylation sites (tertiary alicyclic amines) is 1. The highest BCUT2D eigenvalue weighted by Gasteiger charge is 2.44. The molecule has 0 aromatic heterocycles. The summed E-state index contributed by atoms with van der Waals surface area (Å²) < 4.78 is 0. The van der Waals surface area contributed by atoms with Crippen molar-refractivity contribution in [1.29, 1.82) is 0 Å². The maximum Gasteiger partial charge on any atom is 0.295 e. The first-order valence-corrected chi connectivity index (χ1v) is 7.85. The molecule has 122 valence electrons. The van der Waals surface area contributed by atoms with Crippen LogP contribution in [0.5, 0.6) is 0 Å². The van der Waals surface area contributed by atoms with Gasteiger partial charge in [-0.05, 0) is 36.8 Å². The van der Waals surface area contributed by atoms with Crippen molar-refractivity contribution in [2.45, 2.75) is 13.0 Å². The van der Waals surface area contributed by atoms with E-state index >= 15 is 0 Å². The third kappa shape index (κ3) is 2.69. The average Bonchev–Trinajstić information content (AvgIpc) is 2.80. The summed E-state index contributed by atoms with van der Waals surface area (Å²) >= 11 is 5.86. The first-order valence-electron chi connectivity index (χ1n) is 7.47. The van der Waals surface area contributed by atoms with Crippen molar-refractivity contribution in [2.24, 2.45) is 0 Å². The van der Waals surface area contributed by atoms with E-state index in [2.05, 4.69) is 0 Å². The minimum absolute atomic E-state index is 0.0914. The summed E-state index contributed by atoms with van der Waals surface area (Å²) in [6.45, 7) is 1.96. The van der Waals surface area contributed by atoms with Crippen LogP contribution in [0.3, 0.4) is 0 Å². The largest absolute Gasteiger partial charge is 0.507 e. The number of aryl methyl sites for hydroxylation is 1. The molecular weight excluding hydrogens is 326 g/mol. The number of likely N-dealkylation sites (N-methyl/N-ethyl adjacent to an activating group) is 1. The number of rotatable bonds is 2. The third-order valence-corrected chi connectivity index (χ3v) is 4.44. The van der Waals surface area contributed by atoms with Gasteiger partial charge in [-0.3, -0.25) is 9.59 Å². The first kappa shape index (κ1) is 16.3. The Morgan fingerprint density at radius 3 is 2.21 bits per heavy atom. The number of ketones is 1. The van der Waals surface area contributed by atoms with E-state index in [1.807, 2.05) is 31.2 Å². The lowest BCUT2D eigenvalue weighted by Crippen LogP contribution is -2.24. The first-order chi connectivity index (χ1) is 11.4. The van der Waals surface area contributed by atoms with Gasteiger partial charge in [0.2, 0.25) is 0 Å². The van der Waals surface area contributed by atoms with Crippen LogP contribution in [0.2, 0.25) is 5.02 Å². The fourth-order valence-corrected chi connectivity index (χ4v) is 2.98. The minimum Gasteiger partial charge on any atom is -0.507 e. The zero-order valence-electron chi connectivity index (χ0n) is 13.3. The molecule has 3 rings (SSSR count). The fraction of sp³-hybridized carbons (Fsp3) is 0.158. The van der Waals surface area contributed by atoms with Crippen molar-refractivity contribution in [3.05, 3.63) is 75.8 Å². The van der Waals surface area contributed by atoms with Gasteiger partial charge in [-0.1, -0.05) is 41.4 Å². The van der Waals surface area contributed by atoms with E-state index < -0.39 is 17.7 Å². The van der Waals surface area contributed by atoms with Gasteiger partial charge in [0.15, 0.2) is 0 Å². The second kappa shape index (κ2) is 6.13.